The fourth-order valence-electron chi connectivity index (χ4n) is 3.84. The summed E-state index contributed by atoms with van der Waals surface area (Å²) in [6.45, 7) is 9.91. The van der Waals surface area contributed by atoms with E-state index in [2.05, 4.69) is 17.2 Å². The Morgan fingerprint density at radius 3 is 2.11 bits per heavy atom. The molecule has 12 heteroatoms. The molecule has 0 aromatic carbocycles. The lowest BCUT2D eigenvalue weighted by molar-refractivity contribution is -0.140. The summed E-state index contributed by atoms with van der Waals surface area (Å²) in [6, 6.07) is 0. The molecule has 1 atom stereocenters. The predicted molar refractivity (Wildman–Crippen MR) is 123 cm³/mol. The molecule has 2 fully saturated rings. The third kappa shape index (κ3) is 8.95. The molecule has 1 aromatic rings. The van der Waals surface area contributed by atoms with Gasteiger partial charge in [0.05, 0.1) is 78.6 Å². The first-order chi connectivity index (χ1) is 16.9. The summed E-state index contributed by atoms with van der Waals surface area (Å²) >= 11 is 0. The molecule has 0 N–H and O–H groups in total. The van der Waals surface area contributed by atoms with E-state index in [1.807, 2.05) is 4.90 Å². The van der Waals surface area contributed by atoms with Gasteiger partial charge in [0.2, 0.25) is 17.7 Å². The van der Waals surface area contributed by atoms with Crippen LogP contribution in [0.2, 0.25) is 0 Å². The van der Waals surface area contributed by atoms with Gasteiger partial charge in [-0.05, 0) is 5.92 Å². The van der Waals surface area contributed by atoms with Crippen LogP contribution in [0.4, 0.5) is 0 Å². The Morgan fingerprint density at radius 2 is 1.54 bits per heavy atom. The van der Waals surface area contributed by atoms with Crippen molar-refractivity contribution in [3.05, 3.63) is 11.9 Å². The van der Waals surface area contributed by atoms with Crippen molar-refractivity contribution >= 4 is 17.7 Å². The Kier molecular flexibility index (Phi) is 11.0. The summed E-state index contributed by atoms with van der Waals surface area (Å²) in [5.41, 5.74) is 0.573. The second-order valence-corrected chi connectivity index (χ2v) is 9.00. The van der Waals surface area contributed by atoms with Gasteiger partial charge in [-0.1, -0.05) is 19.1 Å². The van der Waals surface area contributed by atoms with Gasteiger partial charge in [-0.3, -0.25) is 19.3 Å². The van der Waals surface area contributed by atoms with Crippen LogP contribution in [-0.2, 0) is 46.4 Å². The Hall–Kier alpha value is -2.41. The van der Waals surface area contributed by atoms with Crippen LogP contribution in [0.15, 0.2) is 6.20 Å². The molecule has 0 bridgehead atoms. The van der Waals surface area contributed by atoms with E-state index in [1.54, 1.807) is 17.8 Å². The number of aromatic nitrogens is 3. The van der Waals surface area contributed by atoms with Gasteiger partial charge in [0.15, 0.2) is 0 Å². The smallest absolute Gasteiger partial charge is 0.232 e. The molecule has 196 valence electrons. The number of nitrogens with zero attached hydrogens (tertiary/aromatic N) is 5. The van der Waals surface area contributed by atoms with E-state index in [4.69, 9.17) is 18.9 Å². The fourth-order valence-corrected chi connectivity index (χ4v) is 3.84. The van der Waals surface area contributed by atoms with E-state index < -0.39 is 0 Å². The number of amides is 3. The van der Waals surface area contributed by atoms with Crippen molar-refractivity contribution in [2.24, 2.45) is 11.8 Å². The second kappa shape index (κ2) is 14.2. The van der Waals surface area contributed by atoms with Crippen LogP contribution in [0.5, 0.6) is 0 Å². The van der Waals surface area contributed by atoms with Gasteiger partial charge < -0.3 is 23.8 Å². The monoisotopic (exact) mass is 495 g/mol. The number of likely N-dealkylation sites (tertiary alicyclic amines) is 2. The summed E-state index contributed by atoms with van der Waals surface area (Å²) in [7, 11) is 0. The molecule has 0 saturated carbocycles. The van der Waals surface area contributed by atoms with Gasteiger partial charge in [-0.2, -0.15) is 0 Å². The van der Waals surface area contributed by atoms with E-state index in [-0.39, 0.29) is 36.6 Å². The topological polar surface area (TPSA) is 125 Å². The summed E-state index contributed by atoms with van der Waals surface area (Å²) in [5, 5.41) is 8.03. The first-order valence-corrected chi connectivity index (χ1v) is 12.3. The van der Waals surface area contributed by atoms with Crippen LogP contribution < -0.4 is 0 Å². The Morgan fingerprint density at radius 1 is 0.943 bits per heavy atom. The zero-order valence-corrected chi connectivity index (χ0v) is 20.7. The standard InChI is InChI=1S/C23H37N5O7/c1-18-14-26(15-18)21(29)3-5-32-7-9-34-11-12-35-10-8-33-6-4-27-16-20(24-25-27)17-28-22(30)13-19(2)23(28)31/h16,18-19H,3-15,17H2,1-2H3. The third-order valence-corrected chi connectivity index (χ3v) is 5.83. The van der Waals surface area contributed by atoms with Crippen LogP contribution in [0, 0.1) is 11.8 Å². The molecule has 3 rings (SSSR count). The quantitative estimate of drug-likeness (QED) is 0.219. The van der Waals surface area contributed by atoms with Crippen LogP contribution in [0.3, 0.4) is 0 Å². The highest BCUT2D eigenvalue weighted by molar-refractivity contribution is 6.03. The van der Waals surface area contributed by atoms with Gasteiger partial charge >= 0.3 is 0 Å². The highest BCUT2D eigenvalue weighted by atomic mass is 16.6. The summed E-state index contributed by atoms with van der Waals surface area (Å²) < 4.78 is 23.5. The molecule has 0 radical (unpaired) electrons. The maximum atomic E-state index is 12.0. The van der Waals surface area contributed by atoms with Crippen LogP contribution in [0.25, 0.3) is 0 Å². The van der Waals surface area contributed by atoms with E-state index in [0.29, 0.717) is 77.4 Å². The van der Waals surface area contributed by atoms with Gasteiger partial charge in [-0.15, -0.1) is 5.10 Å². The number of hydrogen-bond donors (Lipinski definition) is 0. The van der Waals surface area contributed by atoms with Crippen molar-refractivity contribution in [2.75, 3.05) is 65.9 Å². The Balaban J connectivity index is 1.09. The van der Waals surface area contributed by atoms with Crippen molar-refractivity contribution in [1.82, 2.24) is 24.8 Å². The minimum absolute atomic E-state index is 0.155. The second-order valence-electron chi connectivity index (χ2n) is 9.00. The van der Waals surface area contributed by atoms with Crippen molar-refractivity contribution in [1.29, 1.82) is 0 Å². The zero-order chi connectivity index (χ0) is 25.0. The highest BCUT2D eigenvalue weighted by Crippen LogP contribution is 2.20. The van der Waals surface area contributed by atoms with E-state index in [0.717, 1.165) is 13.1 Å². The first kappa shape index (κ1) is 27.2. The van der Waals surface area contributed by atoms with Crippen LogP contribution >= 0.6 is 0 Å². The maximum absolute atomic E-state index is 12.0. The van der Waals surface area contributed by atoms with Gasteiger partial charge in [-0.25, -0.2) is 4.68 Å². The van der Waals surface area contributed by atoms with E-state index >= 15 is 0 Å². The molecule has 3 amide bonds. The number of imide groups is 1. The minimum Gasteiger partial charge on any atom is -0.379 e. The van der Waals surface area contributed by atoms with Crippen LogP contribution in [-0.4, -0.2) is 108 Å². The fraction of sp³-hybridized carbons (Fsp3) is 0.783. The molecule has 2 aliphatic rings. The van der Waals surface area contributed by atoms with Gasteiger partial charge in [0, 0.05) is 25.4 Å². The summed E-state index contributed by atoms with van der Waals surface area (Å²) in [5.74, 6) is 0.189. The van der Waals surface area contributed by atoms with Crippen molar-refractivity contribution in [3.63, 3.8) is 0 Å². The Bertz CT molecular complexity index is 827. The molecule has 12 nitrogen and oxygen atoms in total. The summed E-state index contributed by atoms with van der Waals surface area (Å²) in [4.78, 5) is 38.7. The lowest BCUT2D eigenvalue weighted by Crippen LogP contribution is -2.48. The molecular formula is C23H37N5O7. The largest absolute Gasteiger partial charge is 0.379 e. The number of ether oxygens (including phenoxy) is 4. The minimum atomic E-state index is -0.263. The molecular weight excluding hydrogens is 458 g/mol. The van der Waals surface area contributed by atoms with Crippen molar-refractivity contribution in [3.8, 4) is 0 Å². The third-order valence-electron chi connectivity index (χ3n) is 5.83. The number of rotatable bonds is 17. The van der Waals surface area contributed by atoms with Gasteiger partial charge in [0.25, 0.3) is 0 Å². The SMILES string of the molecule is CC1CN(C(=O)CCOCCOCCOCCOCCn2cc(CN3C(=O)CC(C)C3=O)nn2)C1. The molecule has 1 aromatic heterocycles. The molecule has 0 spiro atoms. The molecule has 2 aliphatic heterocycles. The van der Waals surface area contributed by atoms with Crippen LogP contribution in [0.1, 0.15) is 32.4 Å². The maximum Gasteiger partial charge on any atom is 0.232 e. The van der Waals surface area contributed by atoms with Crippen molar-refractivity contribution in [2.45, 2.75) is 39.8 Å². The number of carbonyl (C=O) groups is 3. The molecule has 2 saturated heterocycles. The van der Waals surface area contributed by atoms with Gasteiger partial charge in [0.1, 0.15) is 5.69 Å². The molecule has 1 unspecified atom stereocenters. The van der Waals surface area contributed by atoms with Crippen molar-refractivity contribution < 1.29 is 33.3 Å². The number of carbonyl (C=O) groups excluding carboxylic acids is 3. The average Bonchev–Trinajstić information content (AvgIpc) is 3.36. The normalized spacial score (nSPS) is 18.5. The lowest BCUT2D eigenvalue weighted by Gasteiger charge is -2.37. The highest BCUT2D eigenvalue weighted by Gasteiger charge is 2.35. The molecule has 3 heterocycles. The van der Waals surface area contributed by atoms with E-state index in [1.165, 1.54) is 4.90 Å². The zero-order valence-electron chi connectivity index (χ0n) is 20.7. The first-order valence-electron chi connectivity index (χ1n) is 12.3. The average molecular weight is 496 g/mol. The number of hydrogen-bond acceptors (Lipinski definition) is 9. The molecule has 35 heavy (non-hydrogen) atoms. The summed E-state index contributed by atoms with van der Waals surface area (Å²) in [6.07, 6.45) is 2.40. The van der Waals surface area contributed by atoms with E-state index in [9.17, 15) is 14.4 Å². The molecule has 0 aliphatic carbocycles. The lowest BCUT2D eigenvalue weighted by atomic mass is 10.0. The Labute approximate surface area is 205 Å². The predicted octanol–water partition coefficient (Wildman–Crippen LogP) is 0.108.